The summed E-state index contributed by atoms with van der Waals surface area (Å²) in [7, 11) is 2.18. The fraction of sp³-hybridized carbons (Fsp3) is 0.700. The molecule has 0 unspecified atom stereocenters. The van der Waals surface area contributed by atoms with Crippen molar-refractivity contribution in [1.82, 2.24) is 4.90 Å². The zero-order valence-corrected chi connectivity index (χ0v) is 13.9. The van der Waals surface area contributed by atoms with E-state index in [0.29, 0.717) is 5.41 Å². The number of aryl methyl sites for hydroxylation is 1. The summed E-state index contributed by atoms with van der Waals surface area (Å²) in [6.45, 7) is 3.85. The lowest BCUT2D eigenvalue weighted by Crippen LogP contribution is -2.50. The van der Waals surface area contributed by atoms with Crippen molar-refractivity contribution in [2.75, 3.05) is 13.6 Å². The highest BCUT2D eigenvalue weighted by molar-refractivity contribution is 5.23. The van der Waals surface area contributed by atoms with E-state index >= 15 is 0 Å². The van der Waals surface area contributed by atoms with E-state index in [4.69, 9.17) is 0 Å². The SMILES string of the molecule is Cc1ccc(CN(C)CC23CC4CC(CC(C4)C2)C3)c(F)c1. The van der Waals surface area contributed by atoms with Crippen molar-refractivity contribution in [1.29, 1.82) is 0 Å². The first kappa shape index (κ1) is 14.7. The Bertz CT molecular complexity index is 530. The zero-order chi connectivity index (χ0) is 15.3. The van der Waals surface area contributed by atoms with E-state index in [1.807, 2.05) is 19.1 Å². The van der Waals surface area contributed by atoms with Crippen molar-refractivity contribution in [2.45, 2.75) is 52.0 Å². The fourth-order valence-electron chi connectivity index (χ4n) is 6.18. The Balaban J connectivity index is 1.44. The van der Waals surface area contributed by atoms with Gasteiger partial charge in [-0.05, 0) is 87.3 Å². The summed E-state index contributed by atoms with van der Waals surface area (Å²) >= 11 is 0. The summed E-state index contributed by atoms with van der Waals surface area (Å²) < 4.78 is 14.1. The van der Waals surface area contributed by atoms with Gasteiger partial charge in [-0.15, -0.1) is 0 Å². The van der Waals surface area contributed by atoms with Crippen LogP contribution >= 0.6 is 0 Å². The third kappa shape index (κ3) is 2.71. The molecule has 120 valence electrons. The van der Waals surface area contributed by atoms with Gasteiger partial charge >= 0.3 is 0 Å². The third-order valence-corrected chi connectivity index (χ3v) is 6.42. The fourth-order valence-corrected chi connectivity index (χ4v) is 6.18. The molecule has 2 heteroatoms. The van der Waals surface area contributed by atoms with Crippen LogP contribution in [0.4, 0.5) is 4.39 Å². The second kappa shape index (κ2) is 5.33. The summed E-state index contributed by atoms with van der Waals surface area (Å²) in [4.78, 5) is 2.38. The first-order valence-corrected chi connectivity index (χ1v) is 8.95. The lowest BCUT2D eigenvalue weighted by Gasteiger charge is -2.57. The topological polar surface area (TPSA) is 3.24 Å². The molecule has 0 spiro atoms. The van der Waals surface area contributed by atoms with E-state index in [-0.39, 0.29) is 5.82 Å². The number of nitrogens with zero attached hydrogens (tertiary/aromatic N) is 1. The third-order valence-electron chi connectivity index (χ3n) is 6.42. The molecule has 5 rings (SSSR count). The second-order valence-electron chi connectivity index (χ2n) is 8.68. The van der Waals surface area contributed by atoms with Crippen molar-refractivity contribution in [3.63, 3.8) is 0 Å². The van der Waals surface area contributed by atoms with E-state index in [2.05, 4.69) is 11.9 Å². The molecule has 4 aliphatic rings. The summed E-state index contributed by atoms with van der Waals surface area (Å²) in [5, 5.41) is 0. The van der Waals surface area contributed by atoms with Crippen molar-refractivity contribution in [3.05, 3.63) is 35.1 Å². The minimum Gasteiger partial charge on any atom is -0.301 e. The van der Waals surface area contributed by atoms with Gasteiger partial charge in [-0.2, -0.15) is 0 Å². The maximum Gasteiger partial charge on any atom is 0.127 e. The molecule has 22 heavy (non-hydrogen) atoms. The largest absolute Gasteiger partial charge is 0.301 e. The molecule has 0 amide bonds. The molecule has 1 aromatic carbocycles. The first-order valence-electron chi connectivity index (χ1n) is 8.95. The first-order chi connectivity index (χ1) is 10.5. The highest BCUT2D eigenvalue weighted by Crippen LogP contribution is 2.60. The second-order valence-corrected chi connectivity index (χ2v) is 8.68. The average Bonchev–Trinajstić information content (AvgIpc) is 2.39. The van der Waals surface area contributed by atoms with Crippen LogP contribution in [0.25, 0.3) is 0 Å². The molecule has 0 radical (unpaired) electrons. The van der Waals surface area contributed by atoms with Crippen molar-refractivity contribution in [2.24, 2.45) is 23.2 Å². The maximum absolute atomic E-state index is 14.1. The van der Waals surface area contributed by atoms with Gasteiger partial charge in [0, 0.05) is 18.7 Å². The van der Waals surface area contributed by atoms with Gasteiger partial charge in [0.05, 0.1) is 0 Å². The van der Waals surface area contributed by atoms with Crippen LogP contribution in [0.5, 0.6) is 0 Å². The van der Waals surface area contributed by atoms with Crippen LogP contribution < -0.4 is 0 Å². The maximum atomic E-state index is 14.1. The predicted molar refractivity (Wildman–Crippen MR) is 88.1 cm³/mol. The summed E-state index contributed by atoms with van der Waals surface area (Å²) in [6, 6.07) is 5.64. The van der Waals surface area contributed by atoms with Gasteiger partial charge < -0.3 is 4.90 Å². The Kier molecular flexibility index (Phi) is 3.56. The standard InChI is InChI=1S/C20H28FN/c1-14-3-4-18(19(21)5-14)12-22(2)13-20-9-15-6-16(10-20)8-17(7-15)11-20/h3-5,15-17H,6-13H2,1-2H3. The molecule has 4 fully saturated rings. The number of hydrogen-bond acceptors (Lipinski definition) is 1. The lowest BCUT2D eigenvalue weighted by molar-refractivity contribution is -0.0671. The molecule has 1 nitrogen and oxygen atoms in total. The zero-order valence-electron chi connectivity index (χ0n) is 13.9. The van der Waals surface area contributed by atoms with Crippen molar-refractivity contribution in [3.8, 4) is 0 Å². The van der Waals surface area contributed by atoms with Crippen molar-refractivity contribution < 1.29 is 4.39 Å². The van der Waals surface area contributed by atoms with E-state index in [0.717, 1.165) is 42.0 Å². The Morgan fingerprint density at radius 2 is 1.68 bits per heavy atom. The predicted octanol–water partition coefficient (Wildman–Crippen LogP) is 4.78. The monoisotopic (exact) mass is 301 g/mol. The summed E-state index contributed by atoms with van der Waals surface area (Å²) in [5.41, 5.74) is 2.40. The molecule has 4 aliphatic carbocycles. The Labute approximate surface area is 133 Å². The van der Waals surface area contributed by atoms with Gasteiger partial charge in [0.2, 0.25) is 0 Å². The van der Waals surface area contributed by atoms with Gasteiger partial charge in [-0.1, -0.05) is 12.1 Å². The van der Waals surface area contributed by atoms with Crippen LogP contribution in [0.15, 0.2) is 18.2 Å². The Morgan fingerprint density at radius 1 is 1.09 bits per heavy atom. The molecule has 4 bridgehead atoms. The highest BCUT2D eigenvalue weighted by atomic mass is 19.1. The molecule has 0 N–H and O–H groups in total. The molecular formula is C20H28FN. The van der Waals surface area contributed by atoms with Crippen LogP contribution in [0.3, 0.4) is 0 Å². The number of hydrogen-bond donors (Lipinski definition) is 0. The summed E-state index contributed by atoms with van der Waals surface area (Å²) in [5.74, 6) is 2.94. The Hall–Kier alpha value is -0.890. The molecule has 0 aliphatic heterocycles. The summed E-state index contributed by atoms with van der Waals surface area (Å²) in [6.07, 6.45) is 8.78. The van der Waals surface area contributed by atoms with Gasteiger partial charge in [-0.3, -0.25) is 0 Å². The van der Waals surface area contributed by atoms with Gasteiger partial charge in [0.1, 0.15) is 5.82 Å². The van der Waals surface area contributed by atoms with Crippen LogP contribution in [0.2, 0.25) is 0 Å². The minimum atomic E-state index is -0.0441. The molecule has 0 atom stereocenters. The van der Waals surface area contributed by atoms with Crippen LogP contribution in [-0.4, -0.2) is 18.5 Å². The average molecular weight is 301 g/mol. The normalized spacial score (nSPS) is 36.3. The van der Waals surface area contributed by atoms with E-state index in [9.17, 15) is 4.39 Å². The Morgan fingerprint density at radius 3 is 2.23 bits per heavy atom. The van der Waals surface area contributed by atoms with Crippen LogP contribution in [0.1, 0.15) is 49.7 Å². The minimum absolute atomic E-state index is 0.0441. The van der Waals surface area contributed by atoms with Gasteiger partial charge in [0.25, 0.3) is 0 Å². The molecular weight excluding hydrogens is 273 g/mol. The molecule has 1 aromatic rings. The smallest absolute Gasteiger partial charge is 0.127 e. The molecule has 0 saturated heterocycles. The van der Waals surface area contributed by atoms with E-state index in [1.165, 1.54) is 38.5 Å². The highest BCUT2D eigenvalue weighted by Gasteiger charge is 2.50. The van der Waals surface area contributed by atoms with Gasteiger partial charge in [0.15, 0.2) is 0 Å². The quantitative estimate of drug-likeness (QED) is 0.773. The van der Waals surface area contributed by atoms with Gasteiger partial charge in [-0.25, -0.2) is 4.39 Å². The molecule has 0 heterocycles. The number of halogens is 1. The van der Waals surface area contributed by atoms with Crippen LogP contribution in [-0.2, 0) is 6.54 Å². The van der Waals surface area contributed by atoms with Crippen molar-refractivity contribution >= 4 is 0 Å². The molecule has 0 aromatic heterocycles. The number of rotatable bonds is 4. The van der Waals surface area contributed by atoms with E-state index in [1.54, 1.807) is 6.07 Å². The number of benzene rings is 1. The lowest BCUT2D eigenvalue weighted by atomic mass is 9.49. The van der Waals surface area contributed by atoms with Crippen LogP contribution in [0, 0.1) is 35.9 Å². The van der Waals surface area contributed by atoms with E-state index < -0.39 is 0 Å². The molecule has 4 saturated carbocycles.